The summed E-state index contributed by atoms with van der Waals surface area (Å²) in [4.78, 5) is 9.02. The SMILES string of the molecule is Cc1ccc(-c2ncc(CN=C(N)NS(=O)(=O)c3ccccc3)cc2-c2ccc(Cl)cc2)cc1. The molecule has 0 radical (unpaired) electrons. The number of sulfonamides is 1. The van der Waals surface area contributed by atoms with Crippen LogP contribution in [0.25, 0.3) is 22.4 Å². The maximum Gasteiger partial charge on any atom is 0.264 e. The number of nitrogens with one attached hydrogen (secondary N) is 1. The van der Waals surface area contributed by atoms with Crippen molar-refractivity contribution in [1.29, 1.82) is 0 Å². The Hall–Kier alpha value is -3.68. The van der Waals surface area contributed by atoms with Gasteiger partial charge in [-0.25, -0.2) is 18.1 Å². The lowest BCUT2D eigenvalue weighted by Crippen LogP contribution is -2.36. The van der Waals surface area contributed by atoms with Gasteiger partial charge >= 0.3 is 0 Å². The molecule has 1 heterocycles. The molecule has 0 saturated heterocycles. The van der Waals surface area contributed by atoms with Gasteiger partial charge in [0, 0.05) is 22.3 Å². The lowest BCUT2D eigenvalue weighted by atomic mass is 9.97. The molecule has 0 saturated carbocycles. The van der Waals surface area contributed by atoms with E-state index in [9.17, 15) is 8.42 Å². The summed E-state index contributed by atoms with van der Waals surface area (Å²) >= 11 is 6.08. The van der Waals surface area contributed by atoms with E-state index in [4.69, 9.17) is 22.3 Å². The molecule has 0 aliphatic carbocycles. The van der Waals surface area contributed by atoms with E-state index in [1.54, 1.807) is 24.4 Å². The summed E-state index contributed by atoms with van der Waals surface area (Å²) in [6, 6.07) is 25.7. The van der Waals surface area contributed by atoms with E-state index in [1.807, 2.05) is 61.5 Å². The fraction of sp³-hybridized carbons (Fsp3) is 0.0769. The number of nitrogens with two attached hydrogens (primary N) is 1. The summed E-state index contributed by atoms with van der Waals surface area (Å²) in [6.45, 7) is 2.19. The minimum absolute atomic E-state index is 0.113. The van der Waals surface area contributed by atoms with Gasteiger partial charge in [-0.15, -0.1) is 0 Å². The van der Waals surface area contributed by atoms with E-state index in [1.165, 1.54) is 12.1 Å². The fourth-order valence-corrected chi connectivity index (χ4v) is 4.49. The third-order valence-electron chi connectivity index (χ3n) is 5.15. The quantitative estimate of drug-likeness (QED) is 0.288. The first-order chi connectivity index (χ1) is 16.3. The van der Waals surface area contributed by atoms with Crippen LogP contribution in [-0.4, -0.2) is 19.4 Å². The summed E-state index contributed by atoms with van der Waals surface area (Å²) in [7, 11) is -3.80. The zero-order valence-corrected chi connectivity index (χ0v) is 20.0. The lowest BCUT2D eigenvalue weighted by molar-refractivity contribution is 0.592. The summed E-state index contributed by atoms with van der Waals surface area (Å²) in [6.07, 6.45) is 1.72. The monoisotopic (exact) mass is 490 g/mol. The van der Waals surface area contributed by atoms with Crippen LogP contribution in [-0.2, 0) is 16.6 Å². The van der Waals surface area contributed by atoms with Crippen LogP contribution in [0.3, 0.4) is 0 Å². The highest BCUT2D eigenvalue weighted by atomic mass is 35.5. The summed E-state index contributed by atoms with van der Waals surface area (Å²) in [5.74, 6) is -0.195. The van der Waals surface area contributed by atoms with Gasteiger partial charge in [0.05, 0.1) is 17.1 Å². The van der Waals surface area contributed by atoms with Crippen LogP contribution in [0.4, 0.5) is 0 Å². The third kappa shape index (κ3) is 5.62. The Morgan fingerprint density at radius 1 is 0.971 bits per heavy atom. The highest BCUT2D eigenvalue weighted by Gasteiger charge is 2.15. The number of pyridine rings is 1. The van der Waals surface area contributed by atoms with Crippen molar-refractivity contribution >= 4 is 27.6 Å². The predicted octanol–water partition coefficient (Wildman–Crippen LogP) is 5.17. The average molecular weight is 491 g/mol. The van der Waals surface area contributed by atoms with Gasteiger partial charge in [0.1, 0.15) is 0 Å². The molecule has 6 nitrogen and oxygen atoms in total. The smallest absolute Gasteiger partial charge is 0.264 e. The number of nitrogens with zero attached hydrogens (tertiary/aromatic N) is 2. The number of hydrogen-bond acceptors (Lipinski definition) is 4. The predicted molar refractivity (Wildman–Crippen MR) is 137 cm³/mol. The molecule has 0 bridgehead atoms. The maximum atomic E-state index is 12.5. The molecule has 0 atom stereocenters. The zero-order valence-electron chi connectivity index (χ0n) is 18.4. The van der Waals surface area contributed by atoms with E-state index in [-0.39, 0.29) is 17.4 Å². The Balaban J connectivity index is 1.63. The second kappa shape index (κ2) is 10.1. The summed E-state index contributed by atoms with van der Waals surface area (Å²) in [5.41, 5.74) is 11.5. The molecule has 4 rings (SSSR count). The Bertz CT molecular complexity index is 1420. The maximum absolute atomic E-state index is 12.5. The van der Waals surface area contributed by atoms with Crippen molar-refractivity contribution in [1.82, 2.24) is 9.71 Å². The van der Waals surface area contributed by atoms with Crippen LogP contribution in [0.1, 0.15) is 11.1 Å². The fourth-order valence-electron chi connectivity index (χ4n) is 3.39. The number of benzene rings is 3. The van der Waals surface area contributed by atoms with Gasteiger partial charge in [0.15, 0.2) is 0 Å². The molecule has 3 aromatic carbocycles. The molecule has 1 aromatic heterocycles. The molecule has 34 heavy (non-hydrogen) atoms. The third-order valence-corrected chi connectivity index (χ3v) is 6.77. The van der Waals surface area contributed by atoms with Gasteiger partial charge in [-0.3, -0.25) is 4.98 Å². The molecule has 8 heteroatoms. The van der Waals surface area contributed by atoms with Crippen molar-refractivity contribution in [3.8, 4) is 22.4 Å². The van der Waals surface area contributed by atoms with Gasteiger partial charge in [0.2, 0.25) is 5.96 Å². The Labute approximate surface area is 204 Å². The first kappa shape index (κ1) is 23.5. The van der Waals surface area contributed by atoms with Gasteiger partial charge in [0.25, 0.3) is 10.0 Å². The molecule has 3 N–H and O–H groups in total. The van der Waals surface area contributed by atoms with Gasteiger partial charge in [-0.1, -0.05) is 71.8 Å². The van der Waals surface area contributed by atoms with Gasteiger partial charge in [-0.2, -0.15) is 0 Å². The van der Waals surface area contributed by atoms with Crippen molar-refractivity contribution in [2.75, 3.05) is 0 Å². The number of halogens is 1. The van der Waals surface area contributed by atoms with Crippen molar-refractivity contribution in [3.05, 3.63) is 107 Å². The second-order valence-electron chi connectivity index (χ2n) is 7.73. The van der Waals surface area contributed by atoms with E-state index in [2.05, 4.69) is 9.71 Å². The molecule has 172 valence electrons. The van der Waals surface area contributed by atoms with Gasteiger partial charge < -0.3 is 5.73 Å². The minimum atomic E-state index is -3.80. The molecule has 0 fully saturated rings. The number of aryl methyl sites for hydroxylation is 1. The summed E-state index contributed by atoms with van der Waals surface area (Å²) in [5, 5.41) is 0.646. The second-order valence-corrected chi connectivity index (χ2v) is 9.85. The molecular formula is C26H23ClN4O2S. The molecular weight excluding hydrogens is 468 g/mol. The highest BCUT2D eigenvalue weighted by molar-refractivity contribution is 7.90. The molecule has 0 unspecified atom stereocenters. The van der Waals surface area contributed by atoms with E-state index in [0.717, 1.165) is 33.5 Å². The average Bonchev–Trinajstić information content (AvgIpc) is 2.84. The van der Waals surface area contributed by atoms with Crippen LogP contribution in [0.15, 0.2) is 101 Å². The van der Waals surface area contributed by atoms with Crippen molar-refractivity contribution < 1.29 is 8.42 Å². The van der Waals surface area contributed by atoms with Crippen molar-refractivity contribution in [2.45, 2.75) is 18.4 Å². The largest absolute Gasteiger partial charge is 0.369 e. The normalized spacial score (nSPS) is 11.9. The Morgan fingerprint density at radius 2 is 1.62 bits per heavy atom. The molecule has 0 amide bonds. The first-order valence-electron chi connectivity index (χ1n) is 10.5. The van der Waals surface area contributed by atoms with E-state index in [0.29, 0.717) is 5.02 Å². The molecule has 0 spiro atoms. The molecule has 0 aliphatic heterocycles. The Kier molecular flexibility index (Phi) is 6.95. The van der Waals surface area contributed by atoms with Crippen LogP contribution < -0.4 is 10.5 Å². The van der Waals surface area contributed by atoms with E-state index >= 15 is 0 Å². The lowest BCUT2D eigenvalue weighted by Gasteiger charge is -2.12. The topological polar surface area (TPSA) is 97.4 Å². The van der Waals surface area contributed by atoms with Crippen LogP contribution in [0.5, 0.6) is 0 Å². The number of aliphatic imine (C=N–C) groups is 1. The van der Waals surface area contributed by atoms with Crippen molar-refractivity contribution in [2.24, 2.45) is 10.7 Å². The number of aromatic nitrogens is 1. The van der Waals surface area contributed by atoms with Crippen molar-refractivity contribution in [3.63, 3.8) is 0 Å². The molecule has 4 aromatic rings. The summed E-state index contributed by atoms with van der Waals surface area (Å²) < 4.78 is 27.2. The van der Waals surface area contributed by atoms with Crippen LogP contribution in [0, 0.1) is 6.92 Å². The van der Waals surface area contributed by atoms with Crippen LogP contribution in [0.2, 0.25) is 5.02 Å². The number of hydrogen-bond donors (Lipinski definition) is 2. The van der Waals surface area contributed by atoms with Crippen LogP contribution >= 0.6 is 11.6 Å². The van der Waals surface area contributed by atoms with E-state index < -0.39 is 10.0 Å². The first-order valence-corrected chi connectivity index (χ1v) is 12.4. The minimum Gasteiger partial charge on any atom is -0.369 e. The molecule has 0 aliphatic rings. The Morgan fingerprint density at radius 3 is 2.29 bits per heavy atom. The number of guanidine groups is 1. The zero-order chi connectivity index (χ0) is 24.1. The highest BCUT2D eigenvalue weighted by Crippen LogP contribution is 2.32. The standard InChI is InChI=1S/C26H23ClN4O2S/c1-18-7-9-21(10-8-18)25-24(20-11-13-22(27)14-12-20)15-19(16-29-25)17-30-26(28)31-34(32,33)23-5-3-2-4-6-23/h2-16H,17H2,1H3,(H3,28,30,31). The van der Waals surface area contributed by atoms with Gasteiger partial charge in [-0.05, 0) is 48.4 Å². The number of rotatable bonds is 6.